The van der Waals surface area contributed by atoms with Crippen LogP contribution in [0.1, 0.15) is 39.0 Å². The number of allylic oxidation sites excluding steroid dienone is 1. The molecular formula is C22H37NO7. The highest BCUT2D eigenvalue weighted by Gasteiger charge is 2.55. The fourth-order valence-corrected chi connectivity index (χ4v) is 5.87. The molecule has 0 aromatic carbocycles. The molecule has 9 atom stereocenters. The summed E-state index contributed by atoms with van der Waals surface area (Å²) in [5.74, 6) is -0.0128. The Morgan fingerprint density at radius 1 is 1.23 bits per heavy atom. The van der Waals surface area contributed by atoms with Crippen LogP contribution in [0, 0.1) is 23.2 Å². The van der Waals surface area contributed by atoms with Crippen LogP contribution in [0.4, 0.5) is 0 Å². The van der Waals surface area contributed by atoms with Crippen LogP contribution in [0.2, 0.25) is 0 Å². The molecule has 2 saturated carbocycles. The molecule has 1 heterocycles. The van der Waals surface area contributed by atoms with E-state index >= 15 is 0 Å². The van der Waals surface area contributed by atoms with Crippen LogP contribution in [0.25, 0.3) is 0 Å². The topological polar surface area (TPSA) is 131 Å². The zero-order valence-corrected chi connectivity index (χ0v) is 18.0. The summed E-state index contributed by atoms with van der Waals surface area (Å²) in [5.41, 5.74) is 1.42. The van der Waals surface area contributed by atoms with Crippen molar-refractivity contribution in [2.75, 3.05) is 26.7 Å². The van der Waals surface area contributed by atoms with Crippen molar-refractivity contribution in [1.29, 1.82) is 0 Å². The lowest BCUT2D eigenvalue weighted by molar-refractivity contribution is -0.146. The molecule has 5 N–H and O–H groups in total. The molecule has 1 aliphatic heterocycles. The minimum atomic E-state index is -1.66. The van der Waals surface area contributed by atoms with Crippen molar-refractivity contribution in [3.05, 3.63) is 12.2 Å². The Morgan fingerprint density at radius 2 is 1.90 bits per heavy atom. The second-order valence-electron chi connectivity index (χ2n) is 9.92. The second kappa shape index (κ2) is 9.22. The van der Waals surface area contributed by atoms with Crippen LogP contribution < -0.4 is 0 Å². The largest absolute Gasteiger partial charge is 0.462 e. The molecule has 0 radical (unpaired) electrons. The summed E-state index contributed by atoms with van der Waals surface area (Å²) < 4.78 is 5.76. The van der Waals surface area contributed by atoms with Crippen molar-refractivity contribution in [3.63, 3.8) is 0 Å². The molecule has 0 spiro atoms. The molecule has 3 rings (SSSR count). The van der Waals surface area contributed by atoms with Gasteiger partial charge in [-0.1, -0.05) is 19.1 Å². The van der Waals surface area contributed by atoms with E-state index in [-0.39, 0.29) is 35.9 Å². The third kappa shape index (κ3) is 4.59. The summed E-state index contributed by atoms with van der Waals surface area (Å²) in [7, 11) is 1.73. The first-order chi connectivity index (χ1) is 14.1. The third-order valence-corrected chi connectivity index (χ3v) is 7.65. The molecule has 1 saturated heterocycles. The number of rotatable bonds is 8. The molecule has 2 aliphatic carbocycles. The summed E-state index contributed by atoms with van der Waals surface area (Å²) in [6, 6.07) is 0. The number of hydrogen-bond donors (Lipinski definition) is 5. The number of fused-ring (bicyclic) bond motifs is 2. The zero-order chi connectivity index (χ0) is 22.2. The van der Waals surface area contributed by atoms with E-state index < -0.39 is 31.0 Å². The van der Waals surface area contributed by atoms with Crippen LogP contribution in [0.3, 0.4) is 0 Å². The van der Waals surface area contributed by atoms with E-state index in [4.69, 9.17) is 9.84 Å². The number of nitrogens with zero attached hydrogens (tertiary/aromatic N) is 1. The Labute approximate surface area is 178 Å². The summed E-state index contributed by atoms with van der Waals surface area (Å²) in [6.07, 6.45) is -1.17. The fraction of sp³-hybridized carbons (Fsp3) is 0.864. The zero-order valence-electron chi connectivity index (χ0n) is 18.0. The first-order valence-corrected chi connectivity index (χ1v) is 11.0. The number of hydrogen-bond acceptors (Lipinski definition) is 8. The average Bonchev–Trinajstić information content (AvgIpc) is 2.98. The Morgan fingerprint density at radius 3 is 2.57 bits per heavy atom. The Kier molecular flexibility index (Phi) is 7.26. The van der Waals surface area contributed by atoms with Crippen molar-refractivity contribution < 1.29 is 35.1 Å². The van der Waals surface area contributed by atoms with Crippen molar-refractivity contribution in [2.24, 2.45) is 23.2 Å². The number of carbonyl (C=O) groups is 1. The number of aliphatic hydroxyl groups is 5. The highest BCUT2D eigenvalue weighted by Crippen LogP contribution is 2.56. The van der Waals surface area contributed by atoms with Crippen LogP contribution in [0.5, 0.6) is 0 Å². The maximum Gasteiger partial charge on any atom is 0.310 e. The molecule has 3 fully saturated rings. The van der Waals surface area contributed by atoms with E-state index in [1.165, 1.54) is 5.57 Å². The standard InChI is InChI=1S/C22H37NO7/c1-12-5-4-6-22(2)8-18-13(7-15(12)22)14(21(29)30-18)9-23(3)10-16(25)19(27)20(28)17(26)11-24/h13-20,24-28H,1,4-11H2,2-3H3. The first-order valence-electron chi connectivity index (χ1n) is 11.0. The van der Waals surface area contributed by atoms with E-state index in [0.29, 0.717) is 12.5 Å². The molecule has 8 heteroatoms. The highest BCUT2D eigenvalue weighted by molar-refractivity contribution is 5.75. The third-order valence-electron chi connectivity index (χ3n) is 7.65. The number of likely N-dealkylation sites (N-methyl/N-ethyl adjacent to an activating group) is 1. The maximum absolute atomic E-state index is 12.6. The summed E-state index contributed by atoms with van der Waals surface area (Å²) in [6.45, 7) is 6.25. The van der Waals surface area contributed by atoms with Crippen LogP contribution in [-0.2, 0) is 9.53 Å². The van der Waals surface area contributed by atoms with Crippen molar-refractivity contribution >= 4 is 5.97 Å². The fourth-order valence-electron chi connectivity index (χ4n) is 5.87. The SMILES string of the molecule is C=C1CCCC2(C)CC3OC(=O)C(CN(C)CC(O)C(O)C(O)C(O)CO)C3CC12. The predicted molar refractivity (Wildman–Crippen MR) is 109 cm³/mol. The molecule has 0 bridgehead atoms. The van der Waals surface area contributed by atoms with Gasteiger partial charge in [-0.25, -0.2) is 0 Å². The Hall–Kier alpha value is -1.03. The van der Waals surface area contributed by atoms with E-state index in [1.54, 1.807) is 11.9 Å². The monoisotopic (exact) mass is 427 g/mol. The van der Waals surface area contributed by atoms with Crippen LogP contribution in [-0.4, -0.2) is 93.7 Å². The van der Waals surface area contributed by atoms with E-state index in [9.17, 15) is 25.2 Å². The van der Waals surface area contributed by atoms with Gasteiger partial charge in [0, 0.05) is 19.0 Å². The number of esters is 1. The van der Waals surface area contributed by atoms with Gasteiger partial charge >= 0.3 is 5.97 Å². The van der Waals surface area contributed by atoms with Crippen molar-refractivity contribution in [1.82, 2.24) is 4.90 Å². The molecule has 9 unspecified atom stereocenters. The normalized spacial score (nSPS) is 37.9. The minimum absolute atomic E-state index is 0.00535. The Balaban J connectivity index is 1.61. The van der Waals surface area contributed by atoms with Gasteiger partial charge in [-0.2, -0.15) is 0 Å². The number of ether oxygens (including phenoxy) is 1. The van der Waals surface area contributed by atoms with Gasteiger partial charge in [0.1, 0.15) is 24.4 Å². The summed E-state index contributed by atoms with van der Waals surface area (Å²) >= 11 is 0. The van der Waals surface area contributed by atoms with Gasteiger partial charge in [-0.3, -0.25) is 4.79 Å². The first kappa shape index (κ1) is 23.6. The molecule has 8 nitrogen and oxygen atoms in total. The van der Waals surface area contributed by atoms with Gasteiger partial charge in [0.2, 0.25) is 0 Å². The molecule has 30 heavy (non-hydrogen) atoms. The minimum Gasteiger partial charge on any atom is -0.462 e. The molecule has 0 amide bonds. The van der Waals surface area contributed by atoms with Crippen LogP contribution >= 0.6 is 0 Å². The van der Waals surface area contributed by atoms with Crippen molar-refractivity contribution in [3.8, 4) is 0 Å². The average molecular weight is 428 g/mol. The quantitative estimate of drug-likeness (QED) is 0.263. The molecule has 0 aromatic heterocycles. The molecule has 3 aliphatic rings. The maximum atomic E-state index is 12.6. The summed E-state index contributed by atoms with van der Waals surface area (Å²) in [5, 5.41) is 48.4. The second-order valence-corrected chi connectivity index (χ2v) is 9.92. The van der Waals surface area contributed by atoms with Gasteiger partial charge < -0.3 is 35.2 Å². The predicted octanol–water partition coefficient (Wildman–Crippen LogP) is -0.332. The van der Waals surface area contributed by atoms with Crippen molar-refractivity contribution in [2.45, 2.75) is 69.5 Å². The van der Waals surface area contributed by atoms with Gasteiger partial charge in [0.25, 0.3) is 0 Å². The van der Waals surface area contributed by atoms with Gasteiger partial charge in [-0.15, -0.1) is 0 Å². The van der Waals surface area contributed by atoms with Gasteiger partial charge in [0.15, 0.2) is 0 Å². The van der Waals surface area contributed by atoms with E-state index in [1.807, 2.05) is 0 Å². The van der Waals surface area contributed by atoms with E-state index in [2.05, 4.69) is 13.5 Å². The van der Waals surface area contributed by atoms with Crippen LogP contribution in [0.15, 0.2) is 12.2 Å². The molecule has 172 valence electrons. The molecular weight excluding hydrogens is 390 g/mol. The number of carbonyl (C=O) groups excluding carboxylic acids is 1. The highest BCUT2D eigenvalue weighted by atomic mass is 16.6. The van der Waals surface area contributed by atoms with Gasteiger partial charge in [0.05, 0.1) is 18.6 Å². The number of aliphatic hydroxyl groups excluding tert-OH is 5. The van der Waals surface area contributed by atoms with E-state index in [0.717, 1.165) is 32.1 Å². The smallest absolute Gasteiger partial charge is 0.310 e. The summed E-state index contributed by atoms with van der Waals surface area (Å²) in [4.78, 5) is 14.4. The lowest BCUT2D eigenvalue weighted by Gasteiger charge is -2.50. The lowest BCUT2D eigenvalue weighted by atomic mass is 9.55. The lowest BCUT2D eigenvalue weighted by Crippen LogP contribution is -2.50. The molecule has 0 aromatic rings. The Bertz CT molecular complexity index is 643. The van der Waals surface area contributed by atoms with Gasteiger partial charge in [-0.05, 0) is 50.5 Å².